The minimum absolute atomic E-state index is 0.00940. The molecule has 9 nitrogen and oxygen atoms in total. The molecule has 25 heavy (non-hydrogen) atoms. The fraction of sp³-hybridized carbons (Fsp3) is 0.500. The predicted octanol–water partition coefficient (Wildman–Crippen LogP) is 0.727. The maximum Gasteiger partial charge on any atom is 0.408 e. The lowest BCUT2D eigenvalue weighted by atomic mass is 10.1. The third kappa shape index (κ3) is 7.51. The highest BCUT2D eigenvalue weighted by atomic mass is 16.6. The summed E-state index contributed by atoms with van der Waals surface area (Å²) in [6.45, 7) is 4.67. The van der Waals surface area contributed by atoms with Crippen LogP contribution in [0.4, 0.5) is 4.79 Å². The highest BCUT2D eigenvalue weighted by Crippen LogP contribution is 2.15. The zero-order valence-electron chi connectivity index (χ0n) is 14.7. The van der Waals surface area contributed by atoms with Gasteiger partial charge in [0, 0.05) is 18.2 Å². The number of nitrogens with one attached hydrogen (secondary N) is 2. The fourth-order valence-electron chi connectivity index (χ4n) is 1.90. The lowest BCUT2D eigenvalue weighted by molar-refractivity contribution is -0.141. The fourth-order valence-corrected chi connectivity index (χ4v) is 1.90. The minimum Gasteiger partial charge on any atom is -0.481 e. The van der Waals surface area contributed by atoms with Gasteiger partial charge in [-0.05, 0) is 26.8 Å². The van der Waals surface area contributed by atoms with Crippen LogP contribution in [0.15, 0.2) is 18.3 Å². The van der Waals surface area contributed by atoms with Crippen molar-refractivity contribution in [3.8, 4) is 5.88 Å². The van der Waals surface area contributed by atoms with E-state index < -0.39 is 36.2 Å². The Morgan fingerprint density at radius 2 is 2.00 bits per heavy atom. The second-order valence-corrected chi connectivity index (χ2v) is 6.19. The van der Waals surface area contributed by atoms with E-state index in [0.717, 1.165) is 0 Å². The van der Waals surface area contributed by atoms with Crippen molar-refractivity contribution < 1.29 is 29.0 Å². The zero-order valence-corrected chi connectivity index (χ0v) is 14.7. The summed E-state index contributed by atoms with van der Waals surface area (Å²) in [7, 11) is 1.42. The van der Waals surface area contributed by atoms with Crippen LogP contribution in [0.1, 0.15) is 26.3 Å². The monoisotopic (exact) mass is 353 g/mol. The first-order valence-corrected chi connectivity index (χ1v) is 7.59. The number of amides is 2. The number of nitrogens with zero attached hydrogens (tertiary/aromatic N) is 1. The highest BCUT2D eigenvalue weighted by molar-refractivity contribution is 5.86. The molecule has 0 aliphatic heterocycles. The molecule has 0 bridgehead atoms. The molecular formula is C16H23N3O6. The number of carbonyl (C=O) groups excluding carboxylic acids is 2. The standard InChI is InChI=1S/C16H23N3O6/c1-16(2,3)25-15(23)18-9-12(20)19-11(14(21)22)8-10-6-5-7-17-13(10)24-4/h5-7,11H,8-9H2,1-4H3,(H,18,23)(H,19,20)(H,21,22). The lowest BCUT2D eigenvalue weighted by Gasteiger charge is -2.20. The van der Waals surface area contributed by atoms with Crippen molar-refractivity contribution in [2.24, 2.45) is 0 Å². The smallest absolute Gasteiger partial charge is 0.408 e. The van der Waals surface area contributed by atoms with Crippen LogP contribution in [0.25, 0.3) is 0 Å². The molecule has 1 aromatic heterocycles. The molecule has 9 heteroatoms. The number of alkyl carbamates (subject to hydrolysis) is 1. The first-order valence-electron chi connectivity index (χ1n) is 7.59. The second-order valence-electron chi connectivity index (χ2n) is 6.19. The van der Waals surface area contributed by atoms with Crippen LogP contribution in [0, 0.1) is 0 Å². The molecule has 0 saturated carbocycles. The summed E-state index contributed by atoms with van der Waals surface area (Å²) in [5.41, 5.74) is -0.154. The number of carboxylic acids is 1. The minimum atomic E-state index is -1.21. The molecule has 1 atom stereocenters. The largest absolute Gasteiger partial charge is 0.481 e. The number of hydrogen-bond acceptors (Lipinski definition) is 6. The number of pyridine rings is 1. The number of hydrogen-bond donors (Lipinski definition) is 3. The van der Waals surface area contributed by atoms with Gasteiger partial charge in [-0.1, -0.05) is 6.07 Å². The van der Waals surface area contributed by atoms with E-state index >= 15 is 0 Å². The summed E-state index contributed by atoms with van der Waals surface area (Å²) < 4.78 is 10.1. The van der Waals surface area contributed by atoms with Gasteiger partial charge < -0.3 is 25.2 Å². The Kier molecular flexibility index (Phi) is 7.16. The number of methoxy groups -OCH3 is 1. The molecule has 138 valence electrons. The van der Waals surface area contributed by atoms with E-state index in [1.54, 1.807) is 32.9 Å². The van der Waals surface area contributed by atoms with E-state index in [2.05, 4.69) is 15.6 Å². The van der Waals surface area contributed by atoms with Crippen molar-refractivity contribution in [2.45, 2.75) is 38.8 Å². The number of aromatic nitrogens is 1. The Balaban J connectivity index is 2.61. The summed E-state index contributed by atoms with van der Waals surface area (Å²) in [6.07, 6.45) is 0.745. The van der Waals surface area contributed by atoms with Gasteiger partial charge in [-0.15, -0.1) is 0 Å². The molecule has 1 heterocycles. The van der Waals surface area contributed by atoms with Crippen molar-refractivity contribution in [2.75, 3.05) is 13.7 Å². The molecule has 0 radical (unpaired) electrons. The summed E-state index contributed by atoms with van der Waals surface area (Å²) in [5, 5.41) is 13.9. The van der Waals surface area contributed by atoms with Gasteiger partial charge in [0.1, 0.15) is 18.2 Å². The van der Waals surface area contributed by atoms with Crippen molar-refractivity contribution in [1.82, 2.24) is 15.6 Å². The van der Waals surface area contributed by atoms with Crippen molar-refractivity contribution >= 4 is 18.0 Å². The number of ether oxygens (including phenoxy) is 2. The van der Waals surface area contributed by atoms with E-state index in [4.69, 9.17) is 9.47 Å². The Bertz CT molecular complexity index is 627. The van der Waals surface area contributed by atoms with Gasteiger partial charge in [0.2, 0.25) is 11.8 Å². The normalized spacial score (nSPS) is 12.0. The number of carbonyl (C=O) groups is 3. The van der Waals surface area contributed by atoms with Crippen LogP contribution in [0.2, 0.25) is 0 Å². The van der Waals surface area contributed by atoms with E-state index in [9.17, 15) is 19.5 Å². The first-order chi connectivity index (χ1) is 11.6. The summed E-state index contributed by atoms with van der Waals surface area (Å²) in [5.74, 6) is -1.58. The molecule has 3 N–H and O–H groups in total. The van der Waals surface area contributed by atoms with E-state index in [1.807, 2.05) is 0 Å². The summed E-state index contributed by atoms with van der Waals surface area (Å²) >= 11 is 0. The third-order valence-electron chi connectivity index (χ3n) is 2.89. The molecule has 1 rings (SSSR count). The maximum absolute atomic E-state index is 11.9. The average Bonchev–Trinajstić information content (AvgIpc) is 2.51. The Labute approximate surface area is 145 Å². The molecule has 2 amide bonds. The SMILES string of the molecule is COc1ncccc1CC(NC(=O)CNC(=O)OC(C)(C)C)C(=O)O. The van der Waals surface area contributed by atoms with E-state index in [-0.39, 0.29) is 12.3 Å². The third-order valence-corrected chi connectivity index (χ3v) is 2.89. The molecule has 0 aliphatic rings. The Morgan fingerprint density at radius 1 is 1.32 bits per heavy atom. The van der Waals surface area contributed by atoms with Crippen molar-refractivity contribution in [3.05, 3.63) is 23.9 Å². The maximum atomic E-state index is 11.9. The zero-order chi connectivity index (χ0) is 19.0. The van der Waals surface area contributed by atoms with Crippen LogP contribution in [0.3, 0.4) is 0 Å². The second kappa shape index (κ2) is 8.86. The van der Waals surface area contributed by atoms with Gasteiger partial charge >= 0.3 is 12.1 Å². The van der Waals surface area contributed by atoms with E-state index in [0.29, 0.717) is 5.56 Å². The average molecular weight is 353 g/mol. The van der Waals surface area contributed by atoms with Gasteiger partial charge in [-0.3, -0.25) is 4.79 Å². The molecule has 0 aromatic carbocycles. The van der Waals surface area contributed by atoms with Crippen LogP contribution in [-0.4, -0.2) is 53.4 Å². The highest BCUT2D eigenvalue weighted by Gasteiger charge is 2.23. The summed E-state index contributed by atoms with van der Waals surface area (Å²) in [4.78, 5) is 38.7. The van der Waals surface area contributed by atoms with Gasteiger partial charge in [0.25, 0.3) is 0 Å². The first kappa shape index (κ1) is 20.2. The Hall–Kier alpha value is -2.84. The quantitative estimate of drug-likeness (QED) is 0.659. The van der Waals surface area contributed by atoms with Crippen molar-refractivity contribution in [3.63, 3.8) is 0 Å². The van der Waals surface area contributed by atoms with Crippen LogP contribution < -0.4 is 15.4 Å². The van der Waals surface area contributed by atoms with Gasteiger partial charge in [0.15, 0.2) is 0 Å². The van der Waals surface area contributed by atoms with E-state index in [1.165, 1.54) is 13.3 Å². The topological polar surface area (TPSA) is 127 Å². The van der Waals surface area contributed by atoms with Gasteiger partial charge in [-0.2, -0.15) is 0 Å². The van der Waals surface area contributed by atoms with Gasteiger partial charge in [-0.25, -0.2) is 14.6 Å². The number of carboxylic acid groups (broad SMARTS) is 1. The van der Waals surface area contributed by atoms with Crippen molar-refractivity contribution in [1.29, 1.82) is 0 Å². The lowest BCUT2D eigenvalue weighted by Crippen LogP contribution is -2.47. The molecular weight excluding hydrogens is 330 g/mol. The summed E-state index contributed by atoms with van der Waals surface area (Å²) in [6, 6.07) is 2.11. The molecule has 1 aromatic rings. The molecule has 0 spiro atoms. The Morgan fingerprint density at radius 3 is 2.56 bits per heavy atom. The predicted molar refractivity (Wildman–Crippen MR) is 88.3 cm³/mol. The molecule has 0 saturated heterocycles. The van der Waals surface area contributed by atoms with Crippen LogP contribution in [0.5, 0.6) is 5.88 Å². The van der Waals surface area contributed by atoms with Gasteiger partial charge in [0.05, 0.1) is 7.11 Å². The molecule has 0 aliphatic carbocycles. The van der Waals surface area contributed by atoms with Crippen LogP contribution >= 0.6 is 0 Å². The number of aliphatic carboxylic acids is 1. The molecule has 1 unspecified atom stereocenters. The molecule has 0 fully saturated rings. The van der Waals surface area contributed by atoms with Crippen LogP contribution in [-0.2, 0) is 20.7 Å². The number of rotatable bonds is 7.